The summed E-state index contributed by atoms with van der Waals surface area (Å²) in [5, 5.41) is 7.14. The monoisotopic (exact) mass is 373 g/mol. The van der Waals surface area contributed by atoms with E-state index >= 15 is 0 Å². The fourth-order valence-corrected chi connectivity index (χ4v) is 4.41. The van der Waals surface area contributed by atoms with Crippen LogP contribution in [-0.4, -0.2) is 45.9 Å². The number of benzene rings is 1. The Morgan fingerprint density at radius 2 is 2.07 bits per heavy atom. The zero-order valence-corrected chi connectivity index (χ0v) is 16.9. The number of nitrogens with one attached hydrogen (secondary N) is 2. The molecule has 1 aromatic carbocycles. The summed E-state index contributed by atoms with van der Waals surface area (Å²) in [5.74, 6) is 2.40. The maximum absolute atomic E-state index is 5.78. The number of guanidine groups is 1. The Kier molecular flexibility index (Phi) is 7.39. The molecular weight excluding hydrogens is 338 g/mol. The van der Waals surface area contributed by atoms with Gasteiger partial charge in [-0.25, -0.2) is 0 Å². The Balaban J connectivity index is 1.51. The Hall–Kier alpha value is -1.75. The molecule has 1 fully saturated rings. The standard InChI is InChI=1S/C22H35N3O2/c1-3-26-15-13-22(11-6-7-12-22)17-25-21(23-2)24-16-18-10-14-27-20-9-5-4-8-19(18)20/h4-5,8-9,18H,3,6-7,10-17H2,1-2H3,(H2,23,24,25). The highest BCUT2D eigenvalue weighted by Crippen LogP contribution is 2.40. The lowest BCUT2D eigenvalue weighted by Crippen LogP contribution is -2.44. The predicted octanol–water partition coefficient (Wildman–Crippen LogP) is 3.70. The van der Waals surface area contributed by atoms with Crippen LogP contribution in [0.3, 0.4) is 0 Å². The molecule has 1 atom stereocenters. The van der Waals surface area contributed by atoms with Crippen LogP contribution in [0, 0.1) is 5.41 Å². The second kappa shape index (κ2) is 9.98. The van der Waals surface area contributed by atoms with Crippen LogP contribution in [0.5, 0.6) is 5.75 Å². The van der Waals surface area contributed by atoms with Crippen LogP contribution < -0.4 is 15.4 Å². The molecule has 1 aliphatic heterocycles. The summed E-state index contributed by atoms with van der Waals surface area (Å²) in [6, 6.07) is 8.38. The van der Waals surface area contributed by atoms with Gasteiger partial charge in [0.25, 0.3) is 0 Å². The molecule has 1 aliphatic carbocycles. The third-order valence-electron chi connectivity index (χ3n) is 6.10. The zero-order chi connectivity index (χ0) is 19.0. The second-order valence-electron chi connectivity index (χ2n) is 7.83. The minimum Gasteiger partial charge on any atom is -0.493 e. The fourth-order valence-electron chi connectivity index (χ4n) is 4.41. The van der Waals surface area contributed by atoms with Gasteiger partial charge in [0.1, 0.15) is 5.75 Å². The Morgan fingerprint density at radius 1 is 1.26 bits per heavy atom. The molecular formula is C22H35N3O2. The van der Waals surface area contributed by atoms with Gasteiger partial charge in [-0.1, -0.05) is 31.0 Å². The van der Waals surface area contributed by atoms with Gasteiger partial charge in [-0.15, -0.1) is 0 Å². The molecule has 1 aromatic rings. The number of fused-ring (bicyclic) bond motifs is 1. The fraction of sp³-hybridized carbons (Fsp3) is 0.682. The molecule has 0 radical (unpaired) electrons. The number of hydrogen-bond donors (Lipinski definition) is 2. The van der Waals surface area contributed by atoms with Crippen molar-refractivity contribution < 1.29 is 9.47 Å². The van der Waals surface area contributed by atoms with E-state index in [9.17, 15) is 0 Å². The van der Waals surface area contributed by atoms with Crippen molar-refractivity contribution in [2.24, 2.45) is 10.4 Å². The van der Waals surface area contributed by atoms with Crippen LogP contribution in [0.15, 0.2) is 29.3 Å². The van der Waals surface area contributed by atoms with Gasteiger partial charge in [0, 0.05) is 39.3 Å². The van der Waals surface area contributed by atoms with Crippen molar-refractivity contribution in [3.05, 3.63) is 29.8 Å². The molecule has 27 heavy (non-hydrogen) atoms. The van der Waals surface area contributed by atoms with Crippen molar-refractivity contribution in [1.82, 2.24) is 10.6 Å². The summed E-state index contributed by atoms with van der Waals surface area (Å²) in [7, 11) is 1.86. The van der Waals surface area contributed by atoms with Gasteiger partial charge >= 0.3 is 0 Å². The molecule has 5 heteroatoms. The highest BCUT2D eigenvalue weighted by atomic mass is 16.5. The van der Waals surface area contributed by atoms with Crippen molar-refractivity contribution >= 4 is 5.96 Å². The van der Waals surface area contributed by atoms with Gasteiger partial charge in [0.05, 0.1) is 6.61 Å². The highest BCUT2D eigenvalue weighted by molar-refractivity contribution is 5.79. The summed E-state index contributed by atoms with van der Waals surface area (Å²) in [6.07, 6.45) is 7.42. The van der Waals surface area contributed by atoms with Gasteiger partial charge in [-0.3, -0.25) is 4.99 Å². The van der Waals surface area contributed by atoms with E-state index in [2.05, 4.69) is 40.7 Å². The molecule has 1 saturated carbocycles. The smallest absolute Gasteiger partial charge is 0.191 e. The molecule has 1 heterocycles. The minimum absolute atomic E-state index is 0.359. The van der Waals surface area contributed by atoms with E-state index in [1.807, 2.05) is 13.1 Å². The van der Waals surface area contributed by atoms with Gasteiger partial charge in [0.15, 0.2) is 5.96 Å². The lowest BCUT2D eigenvalue weighted by Gasteiger charge is -2.31. The van der Waals surface area contributed by atoms with E-state index < -0.39 is 0 Å². The summed E-state index contributed by atoms with van der Waals surface area (Å²) in [4.78, 5) is 4.45. The maximum Gasteiger partial charge on any atom is 0.191 e. The Morgan fingerprint density at radius 3 is 2.85 bits per heavy atom. The van der Waals surface area contributed by atoms with Crippen molar-refractivity contribution in [2.45, 2.75) is 51.4 Å². The average Bonchev–Trinajstić information content (AvgIpc) is 3.17. The predicted molar refractivity (Wildman–Crippen MR) is 111 cm³/mol. The number of rotatable bonds is 8. The summed E-state index contributed by atoms with van der Waals surface area (Å²) in [6.45, 7) is 6.38. The Bertz CT molecular complexity index is 611. The molecule has 0 aromatic heterocycles. The molecule has 0 amide bonds. The quantitative estimate of drug-likeness (QED) is 0.414. The molecule has 0 saturated heterocycles. The lowest BCUT2D eigenvalue weighted by molar-refractivity contribution is 0.105. The first-order chi connectivity index (χ1) is 13.3. The highest BCUT2D eigenvalue weighted by Gasteiger charge is 2.33. The van der Waals surface area contributed by atoms with E-state index in [0.29, 0.717) is 11.3 Å². The van der Waals surface area contributed by atoms with Crippen molar-refractivity contribution in [2.75, 3.05) is 40.0 Å². The summed E-state index contributed by atoms with van der Waals surface area (Å²) < 4.78 is 11.4. The summed E-state index contributed by atoms with van der Waals surface area (Å²) in [5.41, 5.74) is 1.66. The van der Waals surface area contributed by atoms with Crippen LogP contribution in [0.25, 0.3) is 0 Å². The van der Waals surface area contributed by atoms with E-state index in [1.165, 1.54) is 31.2 Å². The molecule has 0 bridgehead atoms. The van der Waals surface area contributed by atoms with Crippen LogP contribution in [0.1, 0.15) is 56.9 Å². The molecule has 3 rings (SSSR count). The molecule has 2 aliphatic rings. The molecule has 5 nitrogen and oxygen atoms in total. The first kappa shape index (κ1) is 20.0. The van der Waals surface area contributed by atoms with Gasteiger partial charge < -0.3 is 20.1 Å². The van der Waals surface area contributed by atoms with Crippen LogP contribution in [0.2, 0.25) is 0 Å². The van der Waals surface area contributed by atoms with Crippen LogP contribution in [-0.2, 0) is 4.74 Å². The largest absolute Gasteiger partial charge is 0.493 e. The molecule has 0 spiro atoms. The second-order valence-corrected chi connectivity index (χ2v) is 7.83. The van der Waals surface area contributed by atoms with Crippen LogP contribution in [0.4, 0.5) is 0 Å². The topological polar surface area (TPSA) is 54.9 Å². The molecule has 1 unspecified atom stereocenters. The summed E-state index contributed by atoms with van der Waals surface area (Å²) >= 11 is 0. The number of hydrogen-bond acceptors (Lipinski definition) is 3. The number of ether oxygens (including phenoxy) is 2. The Labute approximate surface area is 163 Å². The maximum atomic E-state index is 5.78. The number of para-hydroxylation sites is 1. The number of aliphatic imine (C=N–C) groups is 1. The minimum atomic E-state index is 0.359. The van der Waals surface area contributed by atoms with E-state index in [-0.39, 0.29) is 0 Å². The van der Waals surface area contributed by atoms with E-state index in [1.54, 1.807) is 0 Å². The van der Waals surface area contributed by atoms with Gasteiger partial charge in [-0.05, 0) is 49.7 Å². The SMILES string of the molecule is CCOCCC1(CNC(=NC)NCC2CCOc3ccccc32)CCCC1. The normalized spacial score (nSPS) is 21.4. The third-order valence-corrected chi connectivity index (χ3v) is 6.10. The van der Waals surface area contributed by atoms with Crippen molar-refractivity contribution in [3.63, 3.8) is 0 Å². The molecule has 150 valence electrons. The molecule has 2 N–H and O–H groups in total. The lowest BCUT2D eigenvalue weighted by atomic mass is 9.83. The first-order valence-electron chi connectivity index (χ1n) is 10.5. The average molecular weight is 374 g/mol. The van der Waals surface area contributed by atoms with Gasteiger partial charge in [0.2, 0.25) is 0 Å². The first-order valence-corrected chi connectivity index (χ1v) is 10.5. The van der Waals surface area contributed by atoms with Crippen molar-refractivity contribution in [3.8, 4) is 5.75 Å². The van der Waals surface area contributed by atoms with Crippen molar-refractivity contribution in [1.29, 1.82) is 0 Å². The van der Waals surface area contributed by atoms with E-state index in [0.717, 1.165) is 57.5 Å². The van der Waals surface area contributed by atoms with Gasteiger partial charge in [-0.2, -0.15) is 0 Å². The third kappa shape index (κ3) is 5.38. The van der Waals surface area contributed by atoms with E-state index in [4.69, 9.17) is 9.47 Å². The number of nitrogens with zero attached hydrogens (tertiary/aromatic N) is 1. The van der Waals surface area contributed by atoms with Crippen LogP contribution >= 0.6 is 0 Å². The zero-order valence-electron chi connectivity index (χ0n) is 16.9.